The number of benzene rings is 1. The molecule has 2 N–H and O–H groups in total. The van der Waals surface area contributed by atoms with Crippen molar-refractivity contribution in [2.75, 3.05) is 24.3 Å². The molecule has 1 aromatic carbocycles. The molecule has 1 aliphatic carbocycles. The summed E-state index contributed by atoms with van der Waals surface area (Å²) >= 11 is 1.62. The predicted molar refractivity (Wildman–Crippen MR) is 137 cm³/mol. The highest BCUT2D eigenvalue weighted by molar-refractivity contribution is 7.99. The summed E-state index contributed by atoms with van der Waals surface area (Å²) in [4.78, 5) is 9.63. The Bertz CT molecular complexity index is 1190. The molecule has 0 spiro atoms. The number of nitrogens with one attached hydrogen (secondary N) is 1. The highest BCUT2D eigenvalue weighted by Crippen LogP contribution is 2.45. The lowest BCUT2D eigenvalue weighted by molar-refractivity contribution is -0.171. The predicted octanol–water partition coefficient (Wildman–Crippen LogP) is 3.49. The molecule has 2 aliphatic rings. The standard InChI is InChI=1S/C25H34N6O4S/c1-5-12-36-24-27-22(26-14-16-8-6-15(2)7-9-16)19-23(28-24)31(30-29-19)17-13-18(33-11-10-32)21-20(17)34-25(3,4)35-21/h6-9,17-18,20-21,32H,5,10-14H2,1-4H3,(H,26,27,28)/t17-,18-,20?,21?/m1/s1. The molecule has 194 valence electrons. The van der Waals surface area contributed by atoms with Crippen molar-refractivity contribution in [3.63, 3.8) is 0 Å². The Hall–Kier alpha value is -2.31. The van der Waals surface area contributed by atoms with E-state index in [0.29, 0.717) is 35.1 Å². The summed E-state index contributed by atoms with van der Waals surface area (Å²) in [5.74, 6) is 0.848. The Morgan fingerprint density at radius 2 is 1.97 bits per heavy atom. The van der Waals surface area contributed by atoms with Gasteiger partial charge in [0.2, 0.25) is 0 Å². The normalized spacial score (nSPS) is 24.9. The highest BCUT2D eigenvalue weighted by Gasteiger charge is 2.56. The molecule has 2 aromatic heterocycles. The zero-order valence-electron chi connectivity index (χ0n) is 21.2. The van der Waals surface area contributed by atoms with Crippen LogP contribution in [0.4, 0.5) is 5.82 Å². The van der Waals surface area contributed by atoms with Crippen LogP contribution in [0.15, 0.2) is 29.4 Å². The number of nitrogens with zero attached hydrogens (tertiary/aromatic N) is 5. The summed E-state index contributed by atoms with van der Waals surface area (Å²) < 4.78 is 20.2. The number of ether oxygens (including phenoxy) is 3. The van der Waals surface area contributed by atoms with Crippen LogP contribution in [-0.2, 0) is 20.8 Å². The number of fused-ring (bicyclic) bond motifs is 2. The van der Waals surface area contributed by atoms with Gasteiger partial charge in [-0.05, 0) is 32.8 Å². The fourth-order valence-corrected chi connectivity index (χ4v) is 5.51. The molecule has 3 heterocycles. The van der Waals surface area contributed by atoms with E-state index in [1.54, 1.807) is 11.8 Å². The minimum Gasteiger partial charge on any atom is -0.394 e. The van der Waals surface area contributed by atoms with Crippen molar-refractivity contribution in [2.24, 2.45) is 0 Å². The van der Waals surface area contributed by atoms with Crippen LogP contribution < -0.4 is 5.32 Å². The van der Waals surface area contributed by atoms with Gasteiger partial charge >= 0.3 is 0 Å². The number of rotatable bonds is 10. The van der Waals surface area contributed by atoms with E-state index in [4.69, 9.17) is 24.2 Å². The van der Waals surface area contributed by atoms with E-state index < -0.39 is 5.79 Å². The molecule has 1 saturated heterocycles. The molecular weight excluding hydrogens is 480 g/mol. The molecular formula is C25H34N6O4S. The molecule has 2 fully saturated rings. The van der Waals surface area contributed by atoms with Crippen LogP contribution in [0.25, 0.3) is 11.2 Å². The van der Waals surface area contributed by atoms with Crippen LogP contribution in [0.1, 0.15) is 50.8 Å². The maximum Gasteiger partial charge on any atom is 0.191 e. The topological polar surface area (TPSA) is 116 Å². The summed E-state index contributed by atoms with van der Waals surface area (Å²) in [5.41, 5.74) is 3.66. The quantitative estimate of drug-likeness (QED) is 0.308. The minimum atomic E-state index is -0.733. The Labute approximate surface area is 215 Å². The summed E-state index contributed by atoms with van der Waals surface area (Å²) in [7, 11) is 0. The lowest BCUT2D eigenvalue weighted by Crippen LogP contribution is -2.31. The smallest absolute Gasteiger partial charge is 0.191 e. The number of aryl methyl sites for hydroxylation is 1. The van der Waals surface area contributed by atoms with Crippen LogP contribution in [0.5, 0.6) is 0 Å². The van der Waals surface area contributed by atoms with Crippen molar-refractivity contribution in [3.05, 3.63) is 35.4 Å². The number of aliphatic hydroxyl groups excluding tert-OH is 1. The van der Waals surface area contributed by atoms with Gasteiger partial charge in [0.25, 0.3) is 0 Å². The molecule has 3 aromatic rings. The van der Waals surface area contributed by atoms with Gasteiger partial charge < -0.3 is 24.6 Å². The van der Waals surface area contributed by atoms with Crippen LogP contribution in [-0.4, -0.2) is 73.1 Å². The Balaban J connectivity index is 1.48. The first-order valence-electron chi connectivity index (χ1n) is 12.5. The van der Waals surface area contributed by atoms with E-state index in [1.165, 1.54) is 5.56 Å². The van der Waals surface area contributed by atoms with Crippen LogP contribution in [0.2, 0.25) is 0 Å². The van der Waals surface area contributed by atoms with E-state index >= 15 is 0 Å². The van der Waals surface area contributed by atoms with Crippen LogP contribution in [0.3, 0.4) is 0 Å². The lowest BCUT2D eigenvalue weighted by Gasteiger charge is -2.23. The van der Waals surface area contributed by atoms with E-state index in [2.05, 4.69) is 53.7 Å². The van der Waals surface area contributed by atoms with Gasteiger partial charge in [0.15, 0.2) is 27.9 Å². The first-order chi connectivity index (χ1) is 17.4. The highest BCUT2D eigenvalue weighted by atomic mass is 32.2. The van der Waals surface area contributed by atoms with Gasteiger partial charge in [-0.1, -0.05) is 53.7 Å². The number of anilines is 1. The van der Waals surface area contributed by atoms with Gasteiger partial charge in [-0.3, -0.25) is 0 Å². The second-order valence-corrected chi connectivity index (χ2v) is 10.8. The monoisotopic (exact) mass is 514 g/mol. The van der Waals surface area contributed by atoms with E-state index in [1.807, 2.05) is 18.5 Å². The maximum absolute atomic E-state index is 9.29. The largest absolute Gasteiger partial charge is 0.394 e. The van der Waals surface area contributed by atoms with Gasteiger partial charge in [-0.15, -0.1) is 5.10 Å². The van der Waals surface area contributed by atoms with Crippen molar-refractivity contribution in [1.29, 1.82) is 0 Å². The average molecular weight is 515 g/mol. The zero-order chi connectivity index (χ0) is 25.3. The molecule has 10 nitrogen and oxygen atoms in total. The molecule has 5 rings (SSSR count). The van der Waals surface area contributed by atoms with Crippen molar-refractivity contribution in [1.82, 2.24) is 25.0 Å². The average Bonchev–Trinajstić information content (AvgIpc) is 3.51. The van der Waals surface area contributed by atoms with Crippen molar-refractivity contribution in [2.45, 2.75) is 82.4 Å². The Morgan fingerprint density at radius 1 is 1.19 bits per heavy atom. The SMILES string of the molecule is CCCSc1nc(NCc2ccc(C)cc2)c2nnn([C@@H]3C[C@@H](OCCO)C4OC(C)(C)OC43)c2n1. The fraction of sp³-hybridized carbons (Fsp3) is 0.600. The number of hydrogen-bond donors (Lipinski definition) is 2. The number of thioether (sulfide) groups is 1. The van der Waals surface area contributed by atoms with Gasteiger partial charge in [0.1, 0.15) is 12.2 Å². The number of aliphatic hydroxyl groups is 1. The summed E-state index contributed by atoms with van der Waals surface area (Å²) in [6.45, 7) is 8.84. The van der Waals surface area contributed by atoms with E-state index in [0.717, 1.165) is 17.7 Å². The Kier molecular flexibility index (Phi) is 7.45. The summed E-state index contributed by atoms with van der Waals surface area (Å²) in [6.07, 6.45) is 0.900. The molecule has 2 unspecified atom stereocenters. The molecule has 4 atom stereocenters. The molecule has 11 heteroatoms. The molecule has 36 heavy (non-hydrogen) atoms. The third-order valence-corrected chi connectivity index (χ3v) is 7.49. The minimum absolute atomic E-state index is 0.0453. The second kappa shape index (κ2) is 10.6. The number of hydrogen-bond acceptors (Lipinski definition) is 10. The molecule has 1 saturated carbocycles. The van der Waals surface area contributed by atoms with Gasteiger partial charge in [-0.2, -0.15) is 0 Å². The van der Waals surface area contributed by atoms with Crippen molar-refractivity contribution < 1.29 is 19.3 Å². The van der Waals surface area contributed by atoms with E-state index in [9.17, 15) is 5.11 Å². The second-order valence-electron chi connectivity index (χ2n) is 9.75. The molecule has 0 amide bonds. The van der Waals surface area contributed by atoms with Gasteiger partial charge in [0, 0.05) is 18.7 Å². The van der Waals surface area contributed by atoms with Crippen LogP contribution >= 0.6 is 11.8 Å². The lowest BCUT2D eigenvalue weighted by atomic mass is 10.1. The summed E-state index contributed by atoms with van der Waals surface area (Å²) in [5, 5.41) is 22.4. The van der Waals surface area contributed by atoms with Gasteiger partial charge in [0.05, 0.1) is 25.4 Å². The first kappa shape index (κ1) is 25.3. The third-order valence-electron chi connectivity index (χ3n) is 6.44. The van der Waals surface area contributed by atoms with Crippen molar-refractivity contribution in [3.8, 4) is 0 Å². The summed E-state index contributed by atoms with van der Waals surface area (Å²) in [6, 6.07) is 8.24. The van der Waals surface area contributed by atoms with Crippen LogP contribution in [0, 0.1) is 6.92 Å². The first-order valence-corrected chi connectivity index (χ1v) is 13.5. The zero-order valence-corrected chi connectivity index (χ0v) is 22.0. The van der Waals surface area contributed by atoms with Crippen molar-refractivity contribution >= 4 is 28.7 Å². The third kappa shape index (κ3) is 5.21. The molecule has 0 bridgehead atoms. The Morgan fingerprint density at radius 3 is 2.72 bits per heavy atom. The fourth-order valence-electron chi connectivity index (χ4n) is 4.82. The van der Waals surface area contributed by atoms with E-state index in [-0.39, 0.29) is 37.6 Å². The molecule has 1 aliphatic heterocycles. The van der Waals surface area contributed by atoms with Gasteiger partial charge in [-0.25, -0.2) is 14.6 Å². The molecule has 0 radical (unpaired) electrons. The number of aromatic nitrogens is 5. The maximum atomic E-state index is 9.29.